The second-order valence-corrected chi connectivity index (χ2v) is 4.12. The van der Waals surface area contributed by atoms with Crippen molar-refractivity contribution in [3.8, 4) is 0 Å². The zero-order valence-corrected chi connectivity index (χ0v) is 8.39. The van der Waals surface area contributed by atoms with E-state index in [0.29, 0.717) is 0 Å². The minimum atomic E-state index is 0.914. The summed E-state index contributed by atoms with van der Waals surface area (Å²) in [5.74, 6) is 1.85. The summed E-state index contributed by atoms with van der Waals surface area (Å²) >= 11 is 0. The molecule has 1 aliphatic carbocycles. The molecule has 0 aromatic carbocycles. The van der Waals surface area contributed by atoms with Gasteiger partial charge in [0.1, 0.15) is 0 Å². The fourth-order valence-electron chi connectivity index (χ4n) is 2.13. The fraction of sp³-hybridized carbons (Fsp3) is 0.833. The van der Waals surface area contributed by atoms with Gasteiger partial charge in [0, 0.05) is 0 Å². The van der Waals surface area contributed by atoms with Gasteiger partial charge >= 0.3 is 0 Å². The molecule has 0 aromatic rings. The van der Waals surface area contributed by atoms with Gasteiger partial charge in [-0.3, -0.25) is 0 Å². The highest BCUT2D eigenvalue weighted by Gasteiger charge is 2.22. The minimum Gasteiger partial charge on any atom is -0.0654 e. The molecule has 2 unspecified atom stereocenters. The maximum atomic E-state index is 3.98. The maximum absolute atomic E-state index is 3.98. The van der Waals surface area contributed by atoms with Crippen LogP contribution in [0, 0.1) is 25.2 Å². The smallest absolute Gasteiger partial charge is 0.0352 e. The highest BCUT2D eigenvalue weighted by Crippen LogP contribution is 2.34. The van der Waals surface area contributed by atoms with Crippen molar-refractivity contribution in [1.82, 2.24) is 0 Å². The first-order valence-electron chi connectivity index (χ1n) is 5.49. The van der Waals surface area contributed by atoms with Crippen LogP contribution in [0.3, 0.4) is 0 Å². The molecular weight excluding hydrogens is 144 g/mol. The van der Waals surface area contributed by atoms with E-state index in [4.69, 9.17) is 0 Å². The van der Waals surface area contributed by atoms with Gasteiger partial charge in [-0.05, 0) is 31.1 Å². The second kappa shape index (κ2) is 5.61. The van der Waals surface area contributed by atoms with Crippen molar-refractivity contribution in [2.24, 2.45) is 11.8 Å². The average Bonchev–Trinajstić information content (AvgIpc) is 2.53. The van der Waals surface area contributed by atoms with Crippen LogP contribution in [0.1, 0.15) is 51.9 Å². The maximum Gasteiger partial charge on any atom is -0.0352 e. The van der Waals surface area contributed by atoms with Crippen molar-refractivity contribution in [1.29, 1.82) is 0 Å². The molecule has 0 heterocycles. The van der Waals surface area contributed by atoms with Crippen molar-refractivity contribution < 1.29 is 0 Å². The van der Waals surface area contributed by atoms with Gasteiger partial charge in [0.05, 0.1) is 0 Å². The summed E-state index contributed by atoms with van der Waals surface area (Å²) in [7, 11) is 0. The van der Waals surface area contributed by atoms with E-state index >= 15 is 0 Å². The number of hydrogen-bond donors (Lipinski definition) is 0. The van der Waals surface area contributed by atoms with Crippen molar-refractivity contribution in [2.75, 3.05) is 0 Å². The van der Waals surface area contributed by atoms with Crippen LogP contribution in [0.25, 0.3) is 0 Å². The standard InChI is InChI=1S/C12H22/c1-3-5-6-7-12-9-8-11(4-2)10-12/h9,11-12H,2-8,10H2,1H3. The van der Waals surface area contributed by atoms with Crippen LogP contribution in [0.5, 0.6) is 0 Å². The largest absolute Gasteiger partial charge is 0.0654 e. The number of rotatable bonds is 5. The Morgan fingerprint density at radius 2 is 2.25 bits per heavy atom. The summed E-state index contributed by atoms with van der Waals surface area (Å²) in [5, 5.41) is 0. The lowest BCUT2D eigenvalue weighted by molar-refractivity contribution is 0.464. The normalized spacial score (nSPS) is 29.5. The number of unbranched alkanes of at least 4 members (excludes halogenated alkanes) is 2. The molecule has 0 saturated heterocycles. The molecule has 0 aromatic heterocycles. The van der Waals surface area contributed by atoms with Crippen LogP contribution < -0.4 is 0 Å². The van der Waals surface area contributed by atoms with Crippen LogP contribution in [0.4, 0.5) is 0 Å². The molecule has 0 nitrogen and oxygen atoms in total. The lowest BCUT2D eigenvalue weighted by Crippen LogP contribution is -1.95. The van der Waals surface area contributed by atoms with Crippen LogP contribution in [-0.2, 0) is 0 Å². The lowest BCUT2D eigenvalue weighted by Gasteiger charge is -2.08. The highest BCUT2D eigenvalue weighted by molar-refractivity contribution is 4.88. The van der Waals surface area contributed by atoms with E-state index in [9.17, 15) is 0 Å². The molecule has 0 spiro atoms. The Labute approximate surface area is 77.7 Å². The summed E-state index contributed by atoms with van der Waals surface area (Å²) in [5.41, 5.74) is 0. The SMILES string of the molecule is [CH2]CC1C[CH]C(CCCCC)C1. The quantitative estimate of drug-likeness (QED) is 0.541. The van der Waals surface area contributed by atoms with E-state index in [1.807, 2.05) is 0 Å². The third-order valence-corrected chi connectivity index (χ3v) is 3.03. The van der Waals surface area contributed by atoms with Gasteiger partial charge in [-0.15, -0.1) is 0 Å². The van der Waals surface area contributed by atoms with E-state index in [1.165, 1.54) is 38.5 Å². The Hall–Kier alpha value is 0. The van der Waals surface area contributed by atoms with Crippen LogP contribution in [0.2, 0.25) is 0 Å². The molecule has 2 radical (unpaired) electrons. The van der Waals surface area contributed by atoms with Crippen molar-refractivity contribution in [3.05, 3.63) is 13.3 Å². The molecular formula is C12H22. The van der Waals surface area contributed by atoms with Crippen molar-refractivity contribution in [3.63, 3.8) is 0 Å². The summed E-state index contributed by atoms with van der Waals surface area (Å²) in [4.78, 5) is 0. The summed E-state index contributed by atoms with van der Waals surface area (Å²) in [6, 6.07) is 0. The second-order valence-electron chi connectivity index (χ2n) is 4.12. The van der Waals surface area contributed by atoms with Crippen molar-refractivity contribution in [2.45, 2.75) is 51.9 Å². The topological polar surface area (TPSA) is 0 Å². The number of hydrogen-bond acceptors (Lipinski definition) is 0. The molecule has 2 atom stereocenters. The first-order chi connectivity index (χ1) is 5.86. The Kier molecular flexibility index (Phi) is 4.72. The Bertz CT molecular complexity index is 107. The lowest BCUT2D eigenvalue weighted by atomic mass is 9.97. The Morgan fingerprint density at radius 3 is 2.83 bits per heavy atom. The van der Waals surface area contributed by atoms with Gasteiger partial charge in [-0.25, -0.2) is 0 Å². The zero-order valence-electron chi connectivity index (χ0n) is 8.39. The van der Waals surface area contributed by atoms with E-state index in [1.54, 1.807) is 0 Å². The third-order valence-electron chi connectivity index (χ3n) is 3.03. The molecule has 0 amide bonds. The molecule has 0 N–H and O–H groups in total. The first kappa shape index (κ1) is 10.1. The van der Waals surface area contributed by atoms with Gasteiger partial charge in [-0.1, -0.05) is 46.0 Å². The minimum absolute atomic E-state index is 0.914. The summed E-state index contributed by atoms with van der Waals surface area (Å²) in [6.07, 6.45) is 12.1. The molecule has 1 fully saturated rings. The molecule has 12 heavy (non-hydrogen) atoms. The highest BCUT2D eigenvalue weighted by atomic mass is 14.3. The average molecular weight is 166 g/mol. The predicted molar refractivity (Wildman–Crippen MR) is 54.6 cm³/mol. The molecule has 1 aliphatic rings. The molecule has 1 saturated carbocycles. The molecule has 70 valence electrons. The van der Waals surface area contributed by atoms with Crippen LogP contribution >= 0.6 is 0 Å². The van der Waals surface area contributed by atoms with E-state index in [0.717, 1.165) is 18.3 Å². The predicted octanol–water partition coefficient (Wildman–Crippen LogP) is 4.02. The third kappa shape index (κ3) is 3.16. The summed E-state index contributed by atoms with van der Waals surface area (Å²) < 4.78 is 0. The van der Waals surface area contributed by atoms with Gasteiger partial charge in [-0.2, -0.15) is 0 Å². The van der Waals surface area contributed by atoms with E-state index in [-0.39, 0.29) is 0 Å². The van der Waals surface area contributed by atoms with Crippen molar-refractivity contribution >= 4 is 0 Å². The molecule has 1 rings (SSSR count). The van der Waals surface area contributed by atoms with Crippen LogP contribution in [-0.4, -0.2) is 0 Å². The molecule has 0 bridgehead atoms. The monoisotopic (exact) mass is 166 g/mol. The zero-order chi connectivity index (χ0) is 8.81. The van der Waals surface area contributed by atoms with E-state index in [2.05, 4.69) is 20.3 Å². The van der Waals surface area contributed by atoms with Gasteiger partial charge in [0.25, 0.3) is 0 Å². The van der Waals surface area contributed by atoms with Gasteiger partial charge < -0.3 is 0 Å². The Morgan fingerprint density at radius 1 is 1.42 bits per heavy atom. The van der Waals surface area contributed by atoms with Gasteiger partial charge in [0.15, 0.2) is 0 Å². The molecule has 0 heteroatoms. The Balaban J connectivity index is 2.03. The van der Waals surface area contributed by atoms with E-state index < -0.39 is 0 Å². The van der Waals surface area contributed by atoms with Gasteiger partial charge in [0.2, 0.25) is 0 Å². The van der Waals surface area contributed by atoms with Crippen LogP contribution in [0.15, 0.2) is 0 Å². The fourth-order valence-corrected chi connectivity index (χ4v) is 2.13. The summed E-state index contributed by atoms with van der Waals surface area (Å²) in [6.45, 7) is 6.25. The molecule has 0 aliphatic heterocycles. The first-order valence-corrected chi connectivity index (χ1v) is 5.49.